The first-order valence-corrected chi connectivity index (χ1v) is 6.78. The third-order valence-corrected chi connectivity index (χ3v) is 3.85. The predicted molar refractivity (Wildman–Crippen MR) is 76.7 cm³/mol. The van der Waals surface area contributed by atoms with Crippen molar-refractivity contribution in [2.45, 2.75) is 37.6 Å². The lowest BCUT2D eigenvalue weighted by Gasteiger charge is -2.29. The number of anilines is 1. The van der Waals surface area contributed by atoms with E-state index in [4.69, 9.17) is 9.84 Å². The van der Waals surface area contributed by atoms with E-state index >= 15 is 0 Å². The lowest BCUT2D eigenvalue weighted by Crippen LogP contribution is -2.37. The lowest BCUT2D eigenvalue weighted by molar-refractivity contribution is -0.384. The van der Waals surface area contributed by atoms with Crippen molar-refractivity contribution in [1.82, 2.24) is 0 Å². The quantitative estimate of drug-likeness (QED) is 0.618. The van der Waals surface area contributed by atoms with Crippen LogP contribution >= 0.6 is 0 Å². The largest absolute Gasteiger partial charge is 0.496 e. The summed E-state index contributed by atoms with van der Waals surface area (Å²) in [7, 11) is 1.44. The minimum Gasteiger partial charge on any atom is -0.496 e. The summed E-state index contributed by atoms with van der Waals surface area (Å²) in [6, 6.07) is 4.53. The second-order valence-corrected chi connectivity index (χ2v) is 5.32. The van der Waals surface area contributed by atoms with E-state index in [9.17, 15) is 14.9 Å². The number of aliphatic carboxylic acids is 1. The first kappa shape index (κ1) is 15.1. The number of hydrogen-bond donors (Lipinski definition) is 2. The molecule has 0 radical (unpaired) electrons. The molecule has 0 saturated heterocycles. The van der Waals surface area contributed by atoms with Crippen LogP contribution in [0.1, 0.15) is 32.1 Å². The topological polar surface area (TPSA) is 102 Å². The van der Waals surface area contributed by atoms with Crippen molar-refractivity contribution in [3.05, 3.63) is 28.3 Å². The molecule has 7 heteroatoms. The standard InChI is InChI=1S/C14H18N2O5/c1-21-10-4-5-11(12(8-10)16(19)20)15-14(9-13(17)18)6-2-3-7-14/h4-5,8,15H,2-3,6-7,9H2,1H3,(H,17,18). The van der Waals surface area contributed by atoms with Crippen molar-refractivity contribution in [2.75, 3.05) is 12.4 Å². The normalized spacial score (nSPS) is 16.4. The fourth-order valence-corrected chi connectivity index (χ4v) is 2.87. The number of nitro groups is 1. The van der Waals surface area contributed by atoms with Gasteiger partial charge in [0.05, 0.1) is 24.5 Å². The summed E-state index contributed by atoms with van der Waals surface area (Å²) in [5, 5.41) is 23.4. The zero-order chi connectivity index (χ0) is 15.5. The molecule has 0 unspecified atom stereocenters. The molecule has 114 valence electrons. The number of carboxylic acids is 1. The number of rotatable bonds is 6. The molecule has 2 rings (SSSR count). The van der Waals surface area contributed by atoms with Crippen molar-refractivity contribution in [3.63, 3.8) is 0 Å². The van der Waals surface area contributed by atoms with Crippen molar-refractivity contribution in [3.8, 4) is 5.75 Å². The first-order chi connectivity index (χ1) is 9.96. The number of nitrogens with one attached hydrogen (secondary N) is 1. The Labute approximate surface area is 122 Å². The third kappa shape index (κ3) is 3.42. The van der Waals surface area contributed by atoms with Gasteiger partial charge in [-0.25, -0.2) is 0 Å². The Hall–Kier alpha value is -2.31. The van der Waals surface area contributed by atoms with E-state index in [-0.39, 0.29) is 12.1 Å². The highest BCUT2D eigenvalue weighted by Crippen LogP contribution is 2.39. The smallest absolute Gasteiger partial charge is 0.305 e. The highest BCUT2D eigenvalue weighted by molar-refractivity contribution is 5.71. The predicted octanol–water partition coefficient (Wildman–Crippen LogP) is 2.80. The van der Waals surface area contributed by atoms with Crippen LogP contribution in [-0.2, 0) is 4.79 Å². The number of nitro benzene ring substituents is 1. The summed E-state index contributed by atoms with van der Waals surface area (Å²) >= 11 is 0. The van der Waals surface area contributed by atoms with Crippen LogP contribution in [0, 0.1) is 10.1 Å². The molecule has 21 heavy (non-hydrogen) atoms. The second-order valence-electron chi connectivity index (χ2n) is 5.32. The Kier molecular flexibility index (Phi) is 4.30. The molecule has 0 aromatic heterocycles. The van der Waals surface area contributed by atoms with E-state index in [0.717, 1.165) is 12.8 Å². The molecule has 0 spiro atoms. The molecule has 2 N–H and O–H groups in total. The van der Waals surface area contributed by atoms with Gasteiger partial charge in [0.2, 0.25) is 0 Å². The summed E-state index contributed by atoms with van der Waals surface area (Å²) in [5.41, 5.74) is -0.375. The molecule has 0 bridgehead atoms. The molecule has 1 aromatic carbocycles. The summed E-state index contributed by atoms with van der Waals surface area (Å²) in [6.07, 6.45) is 3.19. The summed E-state index contributed by atoms with van der Waals surface area (Å²) in [6.45, 7) is 0. The van der Waals surface area contributed by atoms with Crippen LogP contribution in [0.15, 0.2) is 18.2 Å². The third-order valence-electron chi connectivity index (χ3n) is 3.85. The van der Waals surface area contributed by atoms with Gasteiger partial charge < -0.3 is 15.2 Å². The molecule has 1 fully saturated rings. The number of nitrogens with zero attached hydrogens (tertiary/aromatic N) is 1. The van der Waals surface area contributed by atoms with Crippen LogP contribution in [0.25, 0.3) is 0 Å². The Morgan fingerprint density at radius 3 is 2.67 bits per heavy atom. The van der Waals surface area contributed by atoms with Gasteiger partial charge in [-0.2, -0.15) is 0 Å². The number of methoxy groups -OCH3 is 1. The molecule has 1 aliphatic carbocycles. The van der Waals surface area contributed by atoms with E-state index in [1.165, 1.54) is 13.2 Å². The van der Waals surface area contributed by atoms with Crippen molar-refractivity contribution in [2.24, 2.45) is 0 Å². The van der Waals surface area contributed by atoms with Crippen molar-refractivity contribution < 1.29 is 19.6 Å². The van der Waals surface area contributed by atoms with Gasteiger partial charge in [-0.3, -0.25) is 14.9 Å². The second kappa shape index (κ2) is 5.99. The average molecular weight is 294 g/mol. The van der Waals surface area contributed by atoms with Crippen LogP contribution in [0.5, 0.6) is 5.75 Å². The minimum absolute atomic E-state index is 0.0455. The maximum absolute atomic E-state index is 11.2. The van der Waals surface area contributed by atoms with Gasteiger partial charge >= 0.3 is 5.97 Å². The fraction of sp³-hybridized carbons (Fsp3) is 0.500. The van der Waals surface area contributed by atoms with Crippen molar-refractivity contribution in [1.29, 1.82) is 0 Å². The Bertz CT molecular complexity index is 552. The molecule has 1 aromatic rings. The zero-order valence-electron chi connectivity index (χ0n) is 11.8. The molecular formula is C14H18N2O5. The number of ether oxygens (including phenoxy) is 1. The van der Waals surface area contributed by atoms with Gasteiger partial charge in [0.15, 0.2) is 0 Å². The number of carbonyl (C=O) groups is 1. The molecule has 0 aliphatic heterocycles. The van der Waals surface area contributed by atoms with Crippen LogP contribution < -0.4 is 10.1 Å². The van der Waals surface area contributed by atoms with Crippen LogP contribution in [-0.4, -0.2) is 28.6 Å². The monoisotopic (exact) mass is 294 g/mol. The Morgan fingerprint density at radius 2 is 2.14 bits per heavy atom. The average Bonchev–Trinajstić information content (AvgIpc) is 2.86. The number of carboxylic acid groups (broad SMARTS) is 1. The highest BCUT2D eigenvalue weighted by Gasteiger charge is 2.37. The van der Waals surface area contributed by atoms with Crippen molar-refractivity contribution >= 4 is 17.3 Å². The van der Waals surface area contributed by atoms with Crippen LogP contribution in [0.2, 0.25) is 0 Å². The molecule has 7 nitrogen and oxygen atoms in total. The van der Waals surface area contributed by atoms with Gasteiger partial charge in [0, 0.05) is 5.54 Å². The molecular weight excluding hydrogens is 276 g/mol. The Morgan fingerprint density at radius 1 is 1.48 bits per heavy atom. The van der Waals surface area contributed by atoms with Gasteiger partial charge in [-0.1, -0.05) is 12.8 Å². The molecule has 0 heterocycles. The fourth-order valence-electron chi connectivity index (χ4n) is 2.87. The van der Waals surface area contributed by atoms with Gasteiger partial charge in [-0.15, -0.1) is 0 Å². The van der Waals surface area contributed by atoms with Gasteiger partial charge in [-0.05, 0) is 25.0 Å². The minimum atomic E-state index is -0.902. The molecule has 1 aliphatic rings. The highest BCUT2D eigenvalue weighted by atomic mass is 16.6. The van der Waals surface area contributed by atoms with Crippen LogP contribution in [0.3, 0.4) is 0 Å². The van der Waals surface area contributed by atoms with E-state index in [1.54, 1.807) is 12.1 Å². The van der Waals surface area contributed by atoms with Gasteiger partial charge in [0.25, 0.3) is 5.69 Å². The van der Waals surface area contributed by atoms with Crippen LogP contribution in [0.4, 0.5) is 11.4 Å². The Balaban J connectivity index is 2.32. The van der Waals surface area contributed by atoms with E-state index in [2.05, 4.69) is 5.32 Å². The maximum Gasteiger partial charge on any atom is 0.305 e. The summed E-state index contributed by atoms with van der Waals surface area (Å²) in [4.78, 5) is 21.8. The first-order valence-electron chi connectivity index (χ1n) is 6.78. The summed E-state index contributed by atoms with van der Waals surface area (Å²) in [5.74, 6) is -0.508. The molecule has 0 atom stereocenters. The maximum atomic E-state index is 11.2. The lowest BCUT2D eigenvalue weighted by atomic mass is 9.92. The van der Waals surface area contributed by atoms with E-state index in [0.29, 0.717) is 24.3 Å². The number of benzene rings is 1. The zero-order valence-corrected chi connectivity index (χ0v) is 11.8. The van der Waals surface area contributed by atoms with Gasteiger partial charge in [0.1, 0.15) is 11.4 Å². The van der Waals surface area contributed by atoms with E-state index in [1.807, 2.05) is 0 Å². The molecule has 0 amide bonds. The summed E-state index contributed by atoms with van der Waals surface area (Å²) < 4.78 is 4.99. The van der Waals surface area contributed by atoms with E-state index < -0.39 is 16.4 Å². The SMILES string of the molecule is COc1ccc(NC2(CC(=O)O)CCCC2)c([N+](=O)[O-])c1. The number of hydrogen-bond acceptors (Lipinski definition) is 5. The molecule has 1 saturated carbocycles.